The fourth-order valence-corrected chi connectivity index (χ4v) is 0.894. The van der Waals surface area contributed by atoms with Crippen molar-refractivity contribution < 1.29 is 9.53 Å². The minimum atomic E-state index is 0.279. The van der Waals surface area contributed by atoms with Crippen LogP contribution < -0.4 is 4.74 Å². The van der Waals surface area contributed by atoms with Gasteiger partial charge in [-0.3, -0.25) is 0 Å². The monoisotopic (exact) mass is 179 g/mol. The number of aryl methyl sites for hydroxylation is 1. The Morgan fingerprint density at radius 2 is 2.46 bits per heavy atom. The van der Waals surface area contributed by atoms with Crippen LogP contribution in [0.2, 0.25) is 0 Å². The van der Waals surface area contributed by atoms with Gasteiger partial charge in [0.1, 0.15) is 5.69 Å². The predicted molar refractivity (Wildman–Crippen MR) is 45.7 cm³/mol. The van der Waals surface area contributed by atoms with E-state index in [9.17, 15) is 4.79 Å². The molecule has 0 spiro atoms. The molecule has 0 saturated heterocycles. The molecule has 1 rings (SSSR count). The molecule has 1 aromatic heterocycles. The predicted octanol–water partition coefficient (Wildman–Crippen LogP) is 1.01. The second-order valence-corrected chi connectivity index (χ2v) is 2.25. The van der Waals surface area contributed by atoms with Crippen molar-refractivity contribution >= 4 is 11.8 Å². The molecule has 0 aliphatic carbocycles. The van der Waals surface area contributed by atoms with Crippen LogP contribution in [0.25, 0.3) is 0 Å². The van der Waals surface area contributed by atoms with E-state index in [0.717, 1.165) is 0 Å². The van der Waals surface area contributed by atoms with Gasteiger partial charge in [-0.05, 0) is 6.42 Å². The van der Waals surface area contributed by atoms with E-state index in [1.54, 1.807) is 0 Å². The molecule has 5 heteroatoms. The van der Waals surface area contributed by atoms with E-state index < -0.39 is 0 Å². The maximum Gasteiger partial charge on any atom is 0.316 e. The van der Waals surface area contributed by atoms with Gasteiger partial charge < -0.3 is 4.74 Å². The molecule has 1 aromatic rings. The van der Waals surface area contributed by atoms with E-state index in [1.807, 2.05) is 6.92 Å². The lowest BCUT2D eigenvalue weighted by Crippen LogP contribution is -1.95. The van der Waals surface area contributed by atoms with Gasteiger partial charge in [-0.2, -0.15) is 9.98 Å². The summed E-state index contributed by atoms with van der Waals surface area (Å²) in [6.45, 7) is 1.91. The standard InChI is InChI=1S/C8H9N3O2/c1-3-6-7(10-5-12)4-9-8(11-6)13-2/h4H,3H2,1-2H3. The number of nitrogens with zero attached hydrogens (tertiary/aromatic N) is 3. The Balaban J connectivity index is 3.15. The third-order valence-electron chi connectivity index (χ3n) is 1.51. The number of isocyanates is 1. The lowest BCUT2D eigenvalue weighted by molar-refractivity contribution is 0.378. The van der Waals surface area contributed by atoms with Crippen molar-refractivity contribution in [1.29, 1.82) is 0 Å². The minimum absolute atomic E-state index is 0.279. The van der Waals surface area contributed by atoms with E-state index >= 15 is 0 Å². The molecule has 5 nitrogen and oxygen atoms in total. The Morgan fingerprint density at radius 1 is 1.69 bits per heavy atom. The number of methoxy groups -OCH3 is 1. The number of aliphatic imine (C=N–C) groups is 1. The molecule has 0 aliphatic heterocycles. The number of carbonyl (C=O) groups excluding carboxylic acids is 1. The van der Waals surface area contributed by atoms with Gasteiger partial charge in [0.05, 0.1) is 19.0 Å². The lowest BCUT2D eigenvalue weighted by Gasteiger charge is -2.01. The maximum atomic E-state index is 10.0. The van der Waals surface area contributed by atoms with Crippen LogP contribution in [0.1, 0.15) is 12.6 Å². The summed E-state index contributed by atoms with van der Waals surface area (Å²) >= 11 is 0. The summed E-state index contributed by atoms with van der Waals surface area (Å²) in [4.78, 5) is 21.3. The highest BCUT2D eigenvalue weighted by atomic mass is 16.5. The van der Waals surface area contributed by atoms with E-state index in [-0.39, 0.29) is 6.01 Å². The molecule has 68 valence electrons. The van der Waals surface area contributed by atoms with Crippen LogP contribution >= 0.6 is 0 Å². The molecule has 0 amide bonds. The van der Waals surface area contributed by atoms with E-state index in [4.69, 9.17) is 4.74 Å². The summed E-state index contributed by atoms with van der Waals surface area (Å²) in [7, 11) is 1.48. The summed E-state index contributed by atoms with van der Waals surface area (Å²) < 4.78 is 4.83. The van der Waals surface area contributed by atoms with Crippen molar-refractivity contribution in [3.05, 3.63) is 11.9 Å². The first-order valence-electron chi connectivity index (χ1n) is 3.79. The molecule has 13 heavy (non-hydrogen) atoms. The maximum absolute atomic E-state index is 10.0. The second-order valence-electron chi connectivity index (χ2n) is 2.25. The van der Waals surface area contributed by atoms with Crippen LogP contribution in [0.3, 0.4) is 0 Å². The summed E-state index contributed by atoms with van der Waals surface area (Å²) in [5, 5.41) is 0. The fourth-order valence-electron chi connectivity index (χ4n) is 0.894. The quantitative estimate of drug-likeness (QED) is 0.513. The zero-order chi connectivity index (χ0) is 9.68. The third kappa shape index (κ3) is 2.10. The fraction of sp³-hybridized carbons (Fsp3) is 0.375. The number of rotatable bonds is 3. The van der Waals surface area contributed by atoms with Crippen molar-refractivity contribution in [2.24, 2.45) is 4.99 Å². The zero-order valence-electron chi connectivity index (χ0n) is 7.44. The molecule has 0 radical (unpaired) electrons. The Hall–Kier alpha value is -1.74. The van der Waals surface area contributed by atoms with Crippen LogP contribution in [0, 0.1) is 0 Å². The molecule has 1 heterocycles. The van der Waals surface area contributed by atoms with Crippen LogP contribution in [0.15, 0.2) is 11.2 Å². The highest BCUT2D eigenvalue weighted by Gasteiger charge is 2.04. The summed E-state index contributed by atoms with van der Waals surface area (Å²) in [6, 6.07) is 0.279. The lowest BCUT2D eigenvalue weighted by atomic mass is 10.3. The summed E-state index contributed by atoms with van der Waals surface area (Å²) in [6.07, 6.45) is 3.56. The smallest absolute Gasteiger partial charge is 0.316 e. The molecule has 0 N–H and O–H groups in total. The molecule has 0 aliphatic rings. The zero-order valence-corrected chi connectivity index (χ0v) is 7.44. The number of ether oxygens (including phenoxy) is 1. The van der Waals surface area contributed by atoms with Gasteiger partial charge in [-0.1, -0.05) is 6.92 Å². The van der Waals surface area contributed by atoms with Crippen LogP contribution in [0.4, 0.5) is 5.69 Å². The number of hydrogen-bond donors (Lipinski definition) is 0. The largest absolute Gasteiger partial charge is 0.467 e. The highest BCUT2D eigenvalue weighted by Crippen LogP contribution is 2.17. The van der Waals surface area contributed by atoms with Crippen molar-refractivity contribution in [3.63, 3.8) is 0 Å². The Bertz CT molecular complexity index is 345. The van der Waals surface area contributed by atoms with Crippen molar-refractivity contribution in [2.45, 2.75) is 13.3 Å². The van der Waals surface area contributed by atoms with Crippen LogP contribution in [-0.2, 0) is 11.2 Å². The normalized spacial score (nSPS) is 9.08. The molecule has 0 unspecified atom stereocenters. The van der Waals surface area contributed by atoms with Gasteiger partial charge in [0.15, 0.2) is 0 Å². The molecule has 0 atom stereocenters. The molecular formula is C8H9N3O2. The van der Waals surface area contributed by atoms with Crippen LogP contribution in [-0.4, -0.2) is 23.2 Å². The van der Waals surface area contributed by atoms with Gasteiger partial charge in [0, 0.05) is 0 Å². The van der Waals surface area contributed by atoms with E-state index in [0.29, 0.717) is 17.8 Å². The molecule has 0 aromatic carbocycles. The Kier molecular flexibility index (Phi) is 3.11. The SMILES string of the molecule is CCc1nc(OC)ncc1N=C=O. The average Bonchev–Trinajstić information content (AvgIpc) is 2.19. The van der Waals surface area contributed by atoms with Gasteiger partial charge in [0.2, 0.25) is 6.08 Å². The van der Waals surface area contributed by atoms with Gasteiger partial charge >= 0.3 is 6.01 Å². The second kappa shape index (κ2) is 4.33. The van der Waals surface area contributed by atoms with Crippen LogP contribution in [0.5, 0.6) is 6.01 Å². The Morgan fingerprint density at radius 3 is 3.00 bits per heavy atom. The Labute approximate surface area is 75.5 Å². The first-order valence-corrected chi connectivity index (χ1v) is 3.79. The topological polar surface area (TPSA) is 64.4 Å². The molecule has 0 fully saturated rings. The van der Waals surface area contributed by atoms with E-state index in [2.05, 4.69) is 15.0 Å². The molecular weight excluding hydrogens is 170 g/mol. The summed E-state index contributed by atoms with van der Waals surface area (Å²) in [5.41, 5.74) is 1.12. The van der Waals surface area contributed by atoms with E-state index in [1.165, 1.54) is 19.4 Å². The van der Waals surface area contributed by atoms with Crippen molar-refractivity contribution in [2.75, 3.05) is 7.11 Å². The average molecular weight is 179 g/mol. The molecule has 0 saturated carbocycles. The number of hydrogen-bond acceptors (Lipinski definition) is 5. The van der Waals surface area contributed by atoms with Crippen molar-refractivity contribution in [1.82, 2.24) is 9.97 Å². The van der Waals surface area contributed by atoms with Gasteiger partial charge in [0.25, 0.3) is 0 Å². The summed E-state index contributed by atoms with van der Waals surface area (Å²) in [5.74, 6) is 0. The van der Waals surface area contributed by atoms with Crippen molar-refractivity contribution in [3.8, 4) is 6.01 Å². The van der Waals surface area contributed by atoms with Gasteiger partial charge in [-0.15, -0.1) is 0 Å². The highest BCUT2D eigenvalue weighted by molar-refractivity contribution is 5.50. The first-order chi connectivity index (χ1) is 6.31. The minimum Gasteiger partial charge on any atom is -0.467 e. The third-order valence-corrected chi connectivity index (χ3v) is 1.51. The molecule has 0 bridgehead atoms. The number of aromatic nitrogens is 2. The first kappa shape index (κ1) is 9.35. The van der Waals surface area contributed by atoms with Gasteiger partial charge in [-0.25, -0.2) is 9.78 Å².